The van der Waals surface area contributed by atoms with Gasteiger partial charge in [-0.1, -0.05) is 39.7 Å². The molecule has 0 aliphatic heterocycles. The molecule has 0 aliphatic rings. The predicted molar refractivity (Wildman–Crippen MR) is 66.3 cm³/mol. The van der Waals surface area contributed by atoms with E-state index in [1.54, 1.807) is 6.92 Å². The van der Waals surface area contributed by atoms with Crippen LogP contribution in [0.1, 0.15) is 12.5 Å². The van der Waals surface area contributed by atoms with Crippen molar-refractivity contribution in [3.63, 3.8) is 0 Å². The lowest BCUT2D eigenvalue weighted by Gasteiger charge is -2.08. The topological polar surface area (TPSA) is 17.1 Å². The van der Waals surface area contributed by atoms with Crippen molar-refractivity contribution in [1.82, 2.24) is 0 Å². The summed E-state index contributed by atoms with van der Waals surface area (Å²) in [6, 6.07) is 5.64. The van der Waals surface area contributed by atoms with Crippen molar-refractivity contribution in [2.24, 2.45) is 0 Å². The van der Waals surface area contributed by atoms with Crippen LogP contribution >= 0.6 is 43.5 Å². The number of carbonyl (C=O) groups excluding carboxylic acids is 1. The van der Waals surface area contributed by atoms with E-state index in [1.807, 2.05) is 18.2 Å². The monoisotopic (exact) mass is 338 g/mol. The molecule has 1 atom stereocenters. The second kappa shape index (κ2) is 5.29. The molecular weight excluding hydrogens is 331 g/mol. The molecule has 0 saturated carbocycles. The van der Waals surface area contributed by atoms with Crippen molar-refractivity contribution in [2.75, 3.05) is 0 Å². The van der Waals surface area contributed by atoms with Gasteiger partial charge in [-0.25, -0.2) is 0 Å². The van der Waals surface area contributed by atoms with Crippen LogP contribution in [0.2, 0.25) is 5.02 Å². The second-order valence-electron chi connectivity index (χ2n) is 3.00. The van der Waals surface area contributed by atoms with Crippen molar-refractivity contribution in [3.05, 3.63) is 33.3 Å². The van der Waals surface area contributed by atoms with E-state index in [2.05, 4.69) is 31.9 Å². The number of ketones is 1. The maximum atomic E-state index is 11.0. The van der Waals surface area contributed by atoms with Gasteiger partial charge >= 0.3 is 0 Å². The van der Waals surface area contributed by atoms with E-state index in [4.69, 9.17) is 11.6 Å². The van der Waals surface area contributed by atoms with E-state index in [-0.39, 0.29) is 10.6 Å². The largest absolute Gasteiger partial charge is 0.299 e. The number of hydrogen-bond donors (Lipinski definition) is 0. The number of carbonyl (C=O) groups is 1. The fraction of sp³-hybridized carbons (Fsp3) is 0.300. The number of hydrogen-bond acceptors (Lipinski definition) is 1. The Hall–Kier alpha value is 0.140. The first-order chi connectivity index (χ1) is 6.52. The van der Waals surface area contributed by atoms with E-state index >= 15 is 0 Å². The standard InChI is InChI=1S/C10H9Br2ClO/c1-6(14)8(11)5-7-3-2-4-9(13)10(7)12/h2-4,8H,5H2,1H3. The SMILES string of the molecule is CC(=O)C(Br)Cc1cccc(Cl)c1Br. The molecule has 0 spiro atoms. The van der Waals surface area contributed by atoms with Crippen molar-refractivity contribution in [2.45, 2.75) is 18.2 Å². The van der Waals surface area contributed by atoms with Crippen LogP contribution in [-0.4, -0.2) is 10.6 Å². The van der Waals surface area contributed by atoms with Gasteiger partial charge in [-0.05, 0) is 40.9 Å². The molecule has 0 amide bonds. The van der Waals surface area contributed by atoms with Crippen molar-refractivity contribution < 1.29 is 4.79 Å². The van der Waals surface area contributed by atoms with Gasteiger partial charge in [0.05, 0.1) is 9.85 Å². The Morgan fingerprint density at radius 3 is 2.79 bits per heavy atom. The van der Waals surface area contributed by atoms with Gasteiger partial charge < -0.3 is 0 Å². The zero-order valence-corrected chi connectivity index (χ0v) is 11.5. The molecule has 1 rings (SSSR count). The highest BCUT2D eigenvalue weighted by atomic mass is 79.9. The van der Waals surface area contributed by atoms with Crippen LogP contribution in [-0.2, 0) is 11.2 Å². The van der Waals surface area contributed by atoms with Crippen LogP contribution in [0.25, 0.3) is 0 Å². The summed E-state index contributed by atoms with van der Waals surface area (Å²) in [6.07, 6.45) is 0.649. The Morgan fingerprint density at radius 1 is 1.57 bits per heavy atom. The van der Waals surface area contributed by atoms with Crippen LogP contribution in [0, 0.1) is 0 Å². The average molecular weight is 340 g/mol. The van der Waals surface area contributed by atoms with Gasteiger partial charge in [-0.2, -0.15) is 0 Å². The third kappa shape index (κ3) is 3.07. The predicted octanol–water partition coefficient (Wildman–Crippen LogP) is 4.00. The summed E-state index contributed by atoms with van der Waals surface area (Å²) in [6.45, 7) is 1.57. The summed E-state index contributed by atoms with van der Waals surface area (Å²) < 4.78 is 0.868. The normalized spacial score (nSPS) is 12.6. The first kappa shape index (κ1) is 12.2. The molecule has 14 heavy (non-hydrogen) atoms. The molecule has 1 aromatic carbocycles. The molecule has 0 aromatic heterocycles. The molecule has 4 heteroatoms. The van der Waals surface area contributed by atoms with Gasteiger partial charge in [-0.3, -0.25) is 4.79 Å². The number of rotatable bonds is 3. The highest BCUT2D eigenvalue weighted by molar-refractivity contribution is 9.10. The minimum absolute atomic E-state index is 0.122. The molecule has 1 aromatic rings. The first-order valence-corrected chi connectivity index (χ1v) is 6.18. The van der Waals surface area contributed by atoms with Gasteiger partial charge in [0, 0.05) is 4.47 Å². The smallest absolute Gasteiger partial charge is 0.143 e. The molecule has 0 aliphatic carbocycles. The lowest BCUT2D eigenvalue weighted by atomic mass is 10.1. The summed E-state index contributed by atoms with van der Waals surface area (Å²) >= 11 is 12.6. The van der Waals surface area contributed by atoms with E-state index in [9.17, 15) is 4.79 Å². The Balaban J connectivity index is 2.87. The van der Waals surface area contributed by atoms with Crippen LogP contribution in [0.5, 0.6) is 0 Å². The summed E-state index contributed by atoms with van der Waals surface area (Å²) in [5, 5.41) is 0.672. The minimum atomic E-state index is -0.141. The first-order valence-electron chi connectivity index (χ1n) is 4.09. The molecule has 0 saturated heterocycles. The molecular formula is C10H9Br2ClO. The zero-order valence-electron chi connectivity index (χ0n) is 7.56. The van der Waals surface area contributed by atoms with Crippen LogP contribution < -0.4 is 0 Å². The number of halogens is 3. The number of alkyl halides is 1. The van der Waals surface area contributed by atoms with Gasteiger partial charge in [0.2, 0.25) is 0 Å². The average Bonchev–Trinajstić information content (AvgIpc) is 2.12. The number of Topliss-reactive ketones (excluding diaryl/α,β-unsaturated/α-hetero) is 1. The van der Waals surface area contributed by atoms with Gasteiger partial charge in [0.25, 0.3) is 0 Å². The van der Waals surface area contributed by atoms with Crippen LogP contribution in [0.15, 0.2) is 22.7 Å². The maximum absolute atomic E-state index is 11.0. The van der Waals surface area contributed by atoms with Gasteiger partial charge in [0.1, 0.15) is 5.78 Å². The molecule has 76 valence electrons. The van der Waals surface area contributed by atoms with E-state index < -0.39 is 0 Å². The van der Waals surface area contributed by atoms with Crippen molar-refractivity contribution in [3.8, 4) is 0 Å². The van der Waals surface area contributed by atoms with E-state index in [0.29, 0.717) is 11.4 Å². The molecule has 0 heterocycles. The molecule has 0 fully saturated rings. The third-order valence-electron chi connectivity index (χ3n) is 1.87. The van der Waals surface area contributed by atoms with E-state index in [0.717, 1.165) is 10.0 Å². The molecule has 1 nitrogen and oxygen atoms in total. The molecule has 0 radical (unpaired) electrons. The van der Waals surface area contributed by atoms with E-state index in [1.165, 1.54) is 0 Å². The highest BCUT2D eigenvalue weighted by Gasteiger charge is 2.13. The fourth-order valence-electron chi connectivity index (χ4n) is 1.04. The molecule has 0 bridgehead atoms. The fourth-order valence-corrected chi connectivity index (χ4v) is 2.01. The summed E-state index contributed by atoms with van der Waals surface area (Å²) in [7, 11) is 0. The van der Waals surface area contributed by atoms with Gasteiger partial charge in [-0.15, -0.1) is 0 Å². The molecule has 1 unspecified atom stereocenters. The van der Waals surface area contributed by atoms with Crippen molar-refractivity contribution in [1.29, 1.82) is 0 Å². The Labute approximate surface area is 105 Å². The Bertz CT molecular complexity index is 352. The van der Waals surface area contributed by atoms with Gasteiger partial charge in [0.15, 0.2) is 0 Å². The Kier molecular flexibility index (Phi) is 4.61. The highest BCUT2D eigenvalue weighted by Crippen LogP contribution is 2.28. The summed E-state index contributed by atoms with van der Waals surface area (Å²) in [5.41, 5.74) is 1.04. The summed E-state index contributed by atoms with van der Waals surface area (Å²) in [5.74, 6) is 0.122. The lowest BCUT2D eigenvalue weighted by molar-refractivity contribution is -0.116. The second-order valence-corrected chi connectivity index (χ2v) is 5.30. The quantitative estimate of drug-likeness (QED) is 0.760. The van der Waals surface area contributed by atoms with Crippen molar-refractivity contribution >= 4 is 49.2 Å². The number of benzene rings is 1. The minimum Gasteiger partial charge on any atom is -0.299 e. The third-order valence-corrected chi connectivity index (χ3v) is 4.32. The van der Waals surface area contributed by atoms with Crippen LogP contribution in [0.3, 0.4) is 0 Å². The summed E-state index contributed by atoms with van der Waals surface area (Å²) in [4.78, 5) is 10.9. The Morgan fingerprint density at radius 2 is 2.21 bits per heavy atom. The maximum Gasteiger partial charge on any atom is 0.143 e. The molecule has 0 N–H and O–H groups in total. The van der Waals surface area contributed by atoms with Crippen LogP contribution in [0.4, 0.5) is 0 Å². The lowest BCUT2D eigenvalue weighted by Crippen LogP contribution is -2.12. The zero-order chi connectivity index (χ0) is 10.7.